The molecule has 2 aliphatic rings. The van der Waals surface area contributed by atoms with Gasteiger partial charge in [0.2, 0.25) is 0 Å². The molecule has 0 bridgehead atoms. The van der Waals surface area contributed by atoms with Gasteiger partial charge in [-0.1, -0.05) is 12.8 Å². The van der Waals surface area contributed by atoms with Gasteiger partial charge in [-0.05, 0) is 31.1 Å². The predicted octanol–water partition coefficient (Wildman–Crippen LogP) is 1.56. The molecule has 0 heterocycles. The van der Waals surface area contributed by atoms with E-state index in [0.717, 1.165) is 24.9 Å². The van der Waals surface area contributed by atoms with E-state index in [0.29, 0.717) is 13.2 Å². The van der Waals surface area contributed by atoms with Crippen LogP contribution in [0.3, 0.4) is 0 Å². The van der Waals surface area contributed by atoms with Crippen LogP contribution in [-0.2, 0) is 9.47 Å². The molecule has 0 aliphatic heterocycles. The highest BCUT2D eigenvalue weighted by Gasteiger charge is 2.61. The second-order valence-corrected chi connectivity index (χ2v) is 4.96. The van der Waals surface area contributed by atoms with Crippen molar-refractivity contribution in [2.24, 2.45) is 17.6 Å². The van der Waals surface area contributed by atoms with Crippen molar-refractivity contribution in [3.63, 3.8) is 0 Å². The highest BCUT2D eigenvalue weighted by Crippen LogP contribution is 2.58. The van der Waals surface area contributed by atoms with Crippen molar-refractivity contribution in [3.05, 3.63) is 0 Å². The quantitative estimate of drug-likeness (QED) is 0.681. The SMILES string of the molecule is COCCOCCC1(N)C2CCCCC21. The zero-order chi connectivity index (χ0) is 10.7. The summed E-state index contributed by atoms with van der Waals surface area (Å²) in [5, 5.41) is 0. The van der Waals surface area contributed by atoms with Crippen LogP contribution in [0.25, 0.3) is 0 Å². The molecule has 88 valence electrons. The Balaban J connectivity index is 1.63. The Morgan fingerprint density at radius 1 is 1.13 bits per heavy atom. The minimum absolute atomic E-state index is 0.129. The summed E-state index contributed by atoms with van der Waals surface area (Å²) in [5.41, 5.74) is 6.53. The van der Waals surface area contributed by atoms with E-state index in [9.17, 15) is 0 Å². The number of nitrogens with two attached hydrogens (primary N) is 1. The van der Waals surface area contributed by atoms with Crippen LogP contribution >= 0.6 is 0 Å². The zero-order valence-electron chi connectivity index (χ0n) is 9.71. The molecule has 2 unspecified atom stereocenters. The van der Waals surface area contributed by atoms with Gasteiger partial charge >= 0.3 is 0 Å². The Morgan fingerprint density at radius 3 is 2.40 bits per heavy atom. The monoisotopic (exact) mass is 213 g/mol. The number of rotatable bonds is 6. The lowest BCUT2D eigenvalue weighted by Crippen LogP contribution is -2.28. The van der Waals surface area contributed by atoms with Crippen molar-refractivity contribution in [1.29, 1.82) is 0 Å². The van der Waals surface area contributed by atoms with Gasteiger partial charge in [-0.25, -0.2) is 0 Å². The van der Waals surface area contributed by atoms with Crippen LogP contribution in [0.2, 0.25) is 0 Å². The van der Waals surface area contributed by atoms with Gasteiger partial charge in [-0.15, -0.1) is 0 Å². The van der Waals surface area contributed by atoms with Gasteiger partial charge in [0, 0.05) is 19.3 Å². The predicted molar refractivity (Wildman–Crippen MR) is 59.7 cm³/mol. The van der Waals surface area contributed by atoms with Crippen molar-refractivity contribution >= 4 is 0 Å². The molecule has 0 radical (unpaired) electrons. The molecule has 0 spiro atoms. The van der Waals surface area contributed by atoms with Crippen molar-refractivity contribution in [1.82, 2.24) is 0 Å². The van der Waals surface area contributed by atoms with Crippen molar-refractivity contribution in [2.45, 2.75) is 37.6 Å². The first-order chi connectivity index (χ1) is 7.29. The van der Waals surface area contributed by atoms with Gasteiger partial charge in [0.1, 0.15) is 0 Å². The Morgan fingerprint density at radius 2 is 1.80 bits per heavy atom. The second kappa shape index (κ2) is 4.81. The minimum atomic E-state index is 0.129. The summed E-state index contributed by atoms with van der Waals surface area (Å²) in [6.45, 7) is 2.18. The third kappa shape index (κ3) is 2.35. The van der Waals surface area contributed by atoms with E-state index < -0.39 is 0 Å². The minimum Gasteiger partial charge on any atom is -0.382 e. The fraction of sp³-hybridized carbons (Fsp3) is 1.00. The van der Waals surface area contributed by atoms with E-state index >= 15 is 0 Å². The molecule has 2 rings (SSSR count). The lowest BCUT2D eigenvalue weighted by molar-refractivity contribution is 0.0651. The van der Waals surface area contributed by atoms with E-state index in [2.05, 4.69) is 0 Å². The smallest absolute Gasteiger partial charge is 0.0700 e. The first-order valence-corrected chi connectivity index (χ1v) is 6.14. The van der Waals surface area contributed by atoms with Crippen LogP contribution in [0, 0.1) is 11.8 Å². The molecule has 0 aromatic carbocycles. The maximum Gasteiger partial charge on any atom is 0.0700 e. The molecule has 3 nitrogen and oxygen atoms in total. The van der Waals surface area contributed by atoms with Crippen molar-refractivity contribution in [3.8, 4) is 0 Å². The summed E-state index contributed by atoms with van der Waals surface area (Å²) >= 11 is 0. The molecule has 2 aliphatic carbocycles. The molecule has 15 heavy (non-hydrogen) atoms. The molecule has 3 heteroatoms. The van der Waals surface area contributed by atoms with Crippen LogP contribution < -0.4 is 5.73 Å². The van der Waals surface area contributed by atoms with Gasteiger partial charge in [-0.2, -0.15) is 0 Å². The lowest BCUT2D eigenvalue weighted by atomic mass is 10.0. The molecule has 0 amide bonds. The van der Waals surface area contributed by atoms with E-state index in [1.165, 1.54) is 25.7 Å². The molecular weight excluding hydrogens is 190 g/mol. The topological polar surface area (TPSA) is 44.5 Å². The number of hydrogen-bond acceptors (Lipinski definition) is 3. The van der Waals surface area contributed by atoms with E-state index in [-0.39, 0.29) is 5.54 Å². The molecule has 2 N–H and O–H groups in total. The standard InChI is InChI=1S/C12H23NO2/c1-14-8-9-15-7-6-12(13)10-4-2-3-5-11(10)12/h10-11H,2-9,13H2,1H3. The van der Waals surface area contributed by atoms with Crippen molar-refractivity contribution < 1.29 is 9.47 Å². The molecule has 2 fully saturated rings. The molecule has 0 aromatic heterocycles. The molecule has 2 saturated carbocycles. The Bertz CT molecular complexity index is 196. The van der Waals surface area contributed by atoms with Crippen molar-refractivity contribution in [2.75, 3.05) is 26.9 Å². The van der Waals surface area contributed by atoms with Gasteiger partial charge < -0.3 is 15.2 Å². The Kier molecular flexibility index (Phi) is 3.65. The van der Waals surface area contributed by atoms with Gasteiger partial charge in [-0.3, -0.25) is 0 Å². The number of fused-ring (bicyclic) bond motifs is 1. The number of methoxy groups -OCH3 is 1. The summed E-state index contributed by atoms with van der Waals surface area (Å²) in [4.78, 5) is 0. The first-order valence-electron chi connectivity index (χ1n) is 6.14. The average molecular weight is 213 g/mol. The number of hydrogen-bond donors (Lipinski definition) is 1. The Labute approximate surface area is 92.3 Å². The van der Waals surface area contributed by atoms with Gasteiger partial charge in [0.05, 0.1) is 13.2 Å². The Hall–Kier alpha value is -0.120. The lowest BCUT2D eigenvalue weighted by Gasteiger charge is -2.11. The largest absolute Gasteiger partial charge is 0.382 e. The average Bonchev–Trinajstić information content (AvgIpc) is 2.86. The molecular formula is C12H23NO2. The fourth-order valence-corrected chi connectivity index (χ4v) is 3.16. The summed E-state index contributed by atoms with van der Waals surface area (Å²) in [6.07, 6.45) is 6.49. The first kappa shape index (κ1) is 11.4. The van der Waals surface area contributed by atoms with E-state index in [1.54, 1.807) is 7.11 Å². The maximum absolute atomic E-state index is 6.40. The number of ether oxygens (including phenoxy) is 2. The van der Waals surface area contributed by atoms with Crippen LogP contribution in [0.15, 0.2) is 0 Å². The summed E-state index contributed by atoms with van der Waals surface area (Å²) in [6, 6.07) is 0. The summed E-state index contributed by atoms with van der Waals surface area (Å²) in [7, 11) is 1.70. The highest BCUT2D eigenvalue weighted by molar-refractivity contribution is 5.16. The van der Waals surface area contributed by atoms with E-state index in [1.807, 2.05) is 0 Å². The normalized spacial score (nSPS) is 38.8. The van der Waals surface area contributed by atoms with Crippen LogP contribution in [0.4, 0.5) is 0 Å². The third-order valence-electron chi connectivity index (χ3n) is 4.15. The van der Waals surface area contributed by atoms with Crippen LogP contribution in [-0.4, -0.2) is 32.5 Å². The van der Waals surface area contributed by atoms with Gasteiger partial charge in [0.25, 0.3) is 0 Å². The summed E-state index contributed by atoms with van der Waals surface area (Å²) in [5.74, 6) is 1.61. The van der Waals surface area contributed by atoms with Gasteiger partial charge in [0.15, 0.2) is 0 Å². The van der Waals surface area contributed by atoms with Crippen LogP contribution in [0.5, 0.6) is 0 Å². The fourth-order valence-electron chi connectivity index (χ4n) is 3.16. The highest BCUT2D eigenvalue weighted by atomic mass is 16.5. The second-order valence-electron chi connectivity index (χ2n) is 4.96. The molecule has 0 saturated heterocycles. The van der Waals surface area contributed by atoms with Crippen LogP contribution in [0.1, 0.15) is 32.1 Å². The molecule has 2 atom stereocenters. The molecule has 0 aromatic rings. The summed E-state index contributed by atoms with van der Waals surface area (Å²) < 4.78 is 10.4. The third-order valence-corrected chi connectivity index (χ3v) is 4.15. The van der Waals surface area contributed by atoms with E-state index in [4.69, 9.17) is 15.2 Å². The zero-order valence-corrected chi connectivity index (χ0v) is 9.71. The maximum atomic E-state index is 6.40.